The van der Waals surface area contributed by atoms with Gasteiger partial charge >= 0.3 is 7.60 Å². The quantitative estimate of drug-likeness (QED) is 0.571. The van der Waals surface area contributed by atoms with E-state index in [0.29, 0.717) is 31.2 Å². The molecule has 0 aliphatic carbocycles. The lowest BCUT2D eigenvalue weighted by atomic mass is 10.2. The van der Waals surface area contributed by atoms with Gasteiger partial charge in [-0.05, 0) is 24.7 Å². The number of hydrogen-bond donors (Lipinski definition) is 0. The Morgan fingerprint density at radius 1 is 0.938 bits per heavy atom. The van der Waals surface area contributed by atoms with Gasteiger partial charge in [0.25, 0.3) is 0 Å². The minimum absolute atomic E-state index is 0.461. The van der Waals surface area contributed by atoms with Crippen LogP contribution in [0.25, 0.3) is 0 Å². The summed E-state index contributed by atoms with van der Waals surface area (Å²) >= 11 is 0. The molecule has 0 aromatic rings. The number of rotatable bonds is 9. The van der Waals surface area contributed by atoms with Crippen LogP contribution in [0.1, 0.15) is 47.5 Å². The van der Waals surface area contributed by atoms with E-state index >= 15 is 0 Å². The topological polar surface area (TPSA) is 35.5 Å². The highest BCUT2D eigenvalue weighted by atomic mass is 31.2. The van der Waals surface area contributed by atoms with E-state index in [4.69, 9.17) is 9.05 Å². The van der Waals surface area contributed by atoms with Gasteiger partial charge in [0.05, 0.1) is 13.2 Å². The van der Waals surface area contributed by atoms with Gasteiger partial charge in [-0.3, -0.25) is 4.57 Å². The molecule has 0 amide bonds. The van der Waals surface area contributed by atoms with Gasteiger partial charge in [-0.25, -0.2) is 0 Å². The van der Waals surface area contributed by atoms with Gasteiger partial charge in [-0.1, -0.05) is 34.6 Å². The molecule has 0 radical (unpaired) electrons. The Morgan fingerprint density at radius 3 is 1.56 bits per heavy atom. The molecule has 0 fully saturated rings. The molecule has 0 bridgehead atoms. The summed E-state index contributed by atoms with van der Waals surface area (Å²) in [5.41, 5.74) is 0. The van der Waals surface area contributed by atoms with Gasteiger partial charge < -0.3 is 9.05 Å². The first-order chi connectivity index (χ1) is 7.39. The van der Waals surface area contributed by atoms with Gasteiger partial charge in [0.15, 0.2) is 0 Å². The third-order valence-electron chi connectivity index (χ3n) is 2.35. The molecular weight excluding hydrogens is 223 g/mol. The van der Waals surface area contributed by atoms with Crippen LogP contribution >= 0.6 is 7.60 Å². The highest BCUT2D eigenvalue weighted by molar-refractivity contribution is 7.53. The highest BCUT2D eigenvalue weighted by Gasteiger charge is 2.21. The molecule has 0 aliphatic rings. The van der Waals surface area contributed by atoms with E-state index in [2.05, 4.69) is 27.7 Å². The van der Waals surface area contributed by atoms with Crippen LogP contribution in [-0.4, -0.2) is 19.4 Å². The summed E-state index contributed by atoms with van der Waals surface area (Å²) < 4.78 is 22.9. The smallest absolute Gasteiger partial charge is 0.309 e. The van der Waals surface area contributed by atoms with Gasteiger partial charge in [0, 0.05) is 6.16 Å². The van der Waals surface area contributed by atoms with E-state index in [9.17, 15) is 4.57 Å². The molecule has 0 rings (SSSR count). The normalized spacial score (nSPS) is 12.7. The van der Waals surface area contributed by atoms with Gasteiger partial charge in [0.1, 0.15) is 0 Å². The van der Waals surface area contributed by atoms with Crippen molar-refractivity contribution in [2.24, 2.45) is 11.8 Å². The minimum Gasteiger partial charge on any atom is -0.309 e. The maximum atomic E-state index is 12.1. The van der Waals surface area contributed by atoms with Crippen LogP contribution in [-0.2, 0) is 13.6 Å². The maximum absolute atomic E-state index is 12.1. The zero-order chi connectivity index (χ0) is 12.6. The molecule has 0 unspecified atom stereocenters. The Morgan fingerprint density at radius 2 is 1.31 bits per heavy atom. The second kappa shape index (κ2) is 8.27. The van der Waals surface area contributed by atoms with Crippen LogP contribution in [0.4, 0.5) is 0 Å². The van der Waals surface area contributed by atoms with Crippen molar-refractivity contribution < 1.29 is 13.6 Å². The van der Waals surface area contributed by atoms with Gasteiger partial charge in [-0.2, -0.15) is 0 Å². The third kappa shape index (κ3) is 8.32. The lowest BCUT2D eigenvalue weighted by Crippen LogP contribution is -2.04. The van der Waals surface area contributed by atoms with Gasteiger partial charge in [0.2, 0.25) is 0 Å². The van der Waals surface area contributed by atoms with E-state index in [1.54, 1.807) is 0 Å². The van der Waals surface area contributed by atoms with Crippen LogP contribution < -0.4 is 0 Å². The van der Waals surface area contributed by atoms with Crippen molar-refractivity contribution in [1.82, 2.24) is 0 Å². The van der Waals surface area contributed by atoms with Crippen molar-refractivity contribution in [2.75, 3.05) is 19.4 Å². The molecule has 0 aromatic carbocycles. The van der Waals surface area contributed by atoms with Crippen molar-refractivity contribution in [3.63, 3.8) is 0 Å². The molecule has 0 saturated heterocycles. The zero-order valence-electron chi connectivity index (χ0n) is 11.4. The summed E-state index contributed by atoms with van der Waals surface area (Å²) in [6.45, 7) is 11.4. The number of hydrogen-bond acceptors (Lipinski definition) is 3. The van der Waals surface area contributed by atoms with Crippen LogP contribution in [0.15, 0.2) is 0 Å². The Bertz CT molecular complexity index is 196. The van der Waals surface area contributed by atoms with Gasteiger partial charge in [-0.15, -0.1) is 0 Å². The first-order valence-corrected chi connectivity index (χ1v) is 8.00. The van der Waals surface area contributed by atoms with E-state index in [1.165, 1.54) is 0 Å². The van der Waals surface area contributed by atoms with E-state index in [-0.39, 0.29) is 0 Å². The largest absolute Gasteiger partial charge is 0.330 e. The van der Waals surface area contributed by atoms with Crippen molar-refractivity contribution in [1.29, 1.82) is 0 Å². The summed E-state index contributed by atoms with van der Waals surface area (Å²) in [6, 6.07) is 0. The Kier molecular flexibility index (Phi) is 8.35. The van der Waals surface area contributed by atoms with Crippen LogP contribution in [0.3, 0.4) is 0 Å². The average molecular weight is 250 g/mol. The van der Waals surface area contributed by atoms with Crippen LogP contribution in [0.2, 0.25) is 0 Å². The fourth-order valence-corrected chi connectivity index (χ4v) is 2.28. The molecule has 0 saturated carbocycles. The summed E-state index contributed by atoms with van der Waals surface area (Å²) in [4.78, 5) is 0. The molecule has 0 aromatic heterocycles. The fourth-order valence-electron chi connectivity index (χ4n) is 1.07. The second-order valence-electron chi connectivity index (χ2n) is 4.96. The van der Waals surface area contributed by atoms with Crippen molar-refractivity contribution in [3.05, 3.63) is 0 Å². The molecule has 0 spiro atoms. The Balaban J connectivity index is 3.86. The summed E-state index contributed by atoms with van der Waals surface area (Å²) in [5.74, 6) is 1.14. The maximum Gasteiger partial charge on any atom is 0.330 e. The van der Waals surface area contributed by atoms with Crippen molar-refractivity contribution in [3.8, 4) is 0 Å². The average Bonchev–Trinajstić information content (AvgIpc) is 2.16. The third-order valence-corrected chi connectivity index (χ3v) is 4.28. The summed E-state index contributed by atoms with van der Waals surface area (Å²) in [5, 5.41) is 0. The monoisotopic (exact) mass is 250 g/mol. The zero-order valence-corrected chi connectivity index (χ0v) is 12.3. The SMILES string of the molecule is CCP(=O)(OCCC(C)C)OCCC(C)C. The van der Waals surface area contributed by atoms with Crippen LogP contribution in [0.5, 0.6) is 0 Å². The Labute approximate surface area is 100 Å². The van der Waals surface area contributed by atoms with Crippen LogP contribution in [0, 0.1) is 11.8 Å². The predicted octanol–water partition coefficient (Wildman–Crippen LogP) is 4.32. The van der Waals surface area contributed by atoms with E-state index in [0.717, 1.165) is 12.8 Å². The standard InChI is InChI=1S/C12H27O3P/c1-6-16(13,14-9-7-11(2)3)15-10-8-12(4)5/h11-12H,6-10H2,1-5H3. The predicted molar refractivity (Wildman–Crippen MR) is 69.0 cm³/mol. The van der Waals surface area contributed by atoms with Crippen molar-refractivity contribution in [2.45, 2.75) is 47.5 Å². The highest BCUT2D eigenvalue weighted by Crippen LogP contribution is 2.48. The lowest BCUT2D eigenvalue weighted by molar-refractivity contribution is 0.190. The Hall–Kier alpha value is 0.150. The van der Waals surface area contributed by atoms with E-state index < -0.39 is 7.60 Å². The molecule has 0 atom stereocenters. The summed E-state index contributed by atoms with van der Waals surface area (Å²) in [7, 11) is -2.81. The van der Waals surface area contributed by atoms with E-state index in [1.807, 2.05) is 6.92 Å². The first kappa shape index (κ1) is 16.1. The minimum atomic E-state index is -2.81. The summed E-state index contributed by atoms with van der Waals surface area (Å²) in [6.07, 6.45) is 2.32. The molecule has 0 aliphatic heterocycles. The van der Waals surface area contributed by atoms with Crippen molar-refractivity contribution >= 4 is 7.60 Å². The first-order valence-electron chi connectivity index (χ1n) is 6.27. The molecule has 4 heteroatoms. The second-order valence-corrected chi connectivity index (χ2v) is 7.33. The molecule has 3 nitrogen and oxygen atoms in total. The molecule has 98 valence electrons. The molecule has 16 heavy (non-hydrogen) atoms. The molecular formula is C12H27O3P. The molecule has 0 N–H and O–H groups in total. The fraction of sp³-hybridized carbons (Fsp3) is 1.00. The lowest BCUT2D eigenvalue weighted by Gasteiger charge is -2.18. The molecule has 0 heterocycles.